The summed E-state index contributed by atoms with van der Waals surface area (Å²) in [6.45, 7) is 3.69. The van der Waals surface area contributed by atoms with Crippen LogP contribution in [0, 0.1) is 5.92 Å². The van der Waals surface area contributed by atoms with Crippen molar-refractivity contribution in [1.29, 1.82) is 0 Å². The number of carboxylic acids is 1. The monoisotopic (exact) mass is 267 g/mol. The molecule has 19 heavy (non-hydrogen) atoms. The van der Waals surface area contributed by atoms with Crippen LogP contribution in [0.1, 0.15) is 19.2 Å². The van der Waals surface area contributed by atoms with E-state index in [0.717, 1.165) is 5.82 Å². The van der Waals surface area contributed by atoms with Gasteiger partial charge in [-0.2, -0.15) is 0 Å². The third-order valence-electron chi connectivity index (χ3n) is 3.20. The van der Waals surface area contributed by atoms with E-state index in [1.54, 1.807) is 18.2 Å². The summed E-state index contributed by atoms with van der Waals surface area (Å²) in [4.78, 5) is 24.2. The third kappa shape index (κ3) is 3.21. The van der Waals surface area contributed by atoms with Crippen LogP contribution in [0.4, 0.5) is 4.79 Å². The molecule has 1 aromatic heterocycles. The maximum Gasteiger partial charge on any atom is 0.317 e. The van der Waals surface area contributed by atoms with E-state index in [2.05, 4.69) is 15.5 Å². The van der Waals surface area contributed by atoms with E-state index < -0.39 is 11.9 Å². The van der Waals surface area contributed by atoms with Crippen LogP contribution in [0.15, 0.2) is 6.33 Å². The molecule has 1 aliphatic heterocycles. The smallest absolute Gasteiger partial charge is 0.317 e. The standard InChI is InChI=1S/C11H17N5O3/c1-8(10(17)18)2-3-12-11(19)15-4-5-16-7-13-14-9(16)6-15/h7-8H,2-6H2,1H3,(H,12,19)(H,17,18). The number of amides is 2. The number of urea groups is 1. The average molecular weight is 267 g/mol. The summed E-state index contributed by atoms with van der Waals surface area (Å²) in [6, 6.07) is -0.188. The number of aromatic nitrogens is 3. The second-order valence-electron chi connectivity index (χ2n) is 4.62. The van der Waals surface area contributed by atoms with Gasteiger partial charge in [-0.15, -0.1) is 10.2 Å². The zero-order valence-corrected chi connectivity index (χ0v) is 10.7. The van der Waals surface area contributed by atoms with Crippen LogP contribution >= 0.6 is 0 Å². The lowest BCUT2D eigenvalue weighted by molar-refractivity contribution is -0.141. The molecule has 0 bridgehead atoms. The highest BCUT2D eigenvalue weighted by Crippen LogP contribution is 2.09. The largest absolute Gasteiger partial charge is 0.481 e. The van der Waals surface area contributed by atoms with Gasteiger partial charge in [-0.1, -0.05) is 6.92 Å². The van der Waals surface area contributed by atoms with Gasteiger partial charge in [0.25, 0.3) is 0 Å². The Labute approximate surface area is 110 Å². The average Bonchev–Trinajstić information content (AvgIpc) is 2.85. The summed E-state index contributed by atoms with van der Waals surface area (Å²) < 4.78 is 1.91. The van der Waals surface area contributed by atoms with Crippen molar-refractivity contribution in [3.8, 4) is 0 Å². The fourth-order valence-electron chi connectivity index (χ4n) is 1.87. The number of carbonyl (C=O) groups is 2. The van der Waals surface area contributed by atoms with Crippen molar-refractivity contribution in [2.24, 2.45) is 5.92 Å². The van der Waals surface area contributed by atoms with Crippen LogP contribution in [-0.4, -0.2) is 49.9 Å². The van der Waals surface area contributed by atoms with Crippen LogP contribution in [-0.2, 0) is 17.9 Å². The van der Waals surface area contributed by atoms with Gasteiger partial charge in [0.1, 0.15) is 6.33 Å². The molecule has 0 radical (unpaired) electrons. The first-order valence-electron chi connectivity index (χ1n) is 6.20. The van der Waals surface area contributed by atoms with Crippen LogP contribution in [0.5, 0.6) is 0 Å². The van der Waals surface area contributed by atoms with E-state index in [-0.39, 0.29) is 6.03 Å². The van der Waals surface area contributed by atoms with Gasteiger partial charge in [-0.25, -0.2) is 4.79 Å². The molecular formula is C11H17N5O3. The highest BCUT2D eigenvalue weighted by atomic mass is 16.4. The summed E-state index contributed by atoms with van der Waals surface area (Å²) in [5.74, 6) is -0.537. The third-order valence-corrected chi connectivity index (χ3v) is 3.20. The maximum atomic E-state index is 11.9. The first-order chi connectivity index (χ1) is 9.08. The number of rotatable bonds is 4. The van der Waals surface area contributed by atoms with Gasteiger partial charge in [-0.3, -0.25) is 4.79 Å². The molecule has 8 nitrogen and oxygen atoms in total. The van der Waals surface area contributed by atoms with Crippen LogP contribution in [0.2, 0.25) is 0 Å². The van der Waals surface area contributed by atoms with E-state index in [1.165, 1.54) is 0 Å². The topological polar surface area (TPSA) is 100 Å². The van der Waals surface area contributed by atoms with Gasteiger partial charge in [0, 0.05) is 19.6 Å². The Morgan fingerprint density at radius 1 is 1.53 bits per heavy atom. The molecular weight excluding hydrogens is 250 g/mol. The quantitative estimate of drug-likeness (QED) is 0.794. The minimum atomic E-state index is -0.847. The number of hydrogen-bond acceptors (Lipinski definition) is 4. The van der Waals surface area contributed by atoms with Crippen molar-refractivity contribution < 1.29 is 14.7 Å². The van der Waals surface area contributed by atoms with Crippen LogP contribution in [0.3, 0.4) is 0 Å². The molecule has 2 heterocycles. The number of fused-ring (bicyclic) bond motifs is 1. The van der Waals surface area contributed by atoms with Crippen molar-refractivity contribution in [1.82, 2.24) is 25.0 Å². The zero-order chi connectivity index (χ0) is 13.8. The van der Waals surface area contributed by atoms with Crippen molar-refractivity contribution in [3.63, 3.8) is 0 Å². The normalized spacial score (nSPS) is 15.7. The number of hydrogen-bond donors (Lipinski definition) is 2. The number of carboxylic acid groups (broad SMARTS) is 1. The van der Waals surface area contributed by atoms with Crippen molar-refractivity contribution >= 4 is 12.0 Å². The van der Waals surface area contributed by atoms with Gasteiger partial charge in [0.2, 0.25) is 0 Å². The summed E-state index contributed by atoms with van der Waals surface area (Å²) in [7, 11) is 0. The molecule has 0 fully saturated rings. The number of nitrogens with one attached hydrogen (secondary N) is 1. The Kier molecular flexibility index (Phi) is 3.98. The molecule has 2 amide bonds. The lowest BCUT2D eigenvalue weighted by Crippen LogP contribution is -2.44. The Bertz CT molecular complexity index is 473. The van der Waals surface area contributed by atoms with Gasteiger partial charge in [0.15, 0.2) is 5.82 Å². The molecule has 0 saturated heterocycles. The van der Waals surface area contributed by atoms with E-state index >= 15 is 0 Å². The SMILES string of the molecule is CC(CCNC(=O)N1CCn2cnnc2C1)C(=O)O. The fraction of sp³-hybridized carbons (Fsp3) is 0.636. The molecule has 1 atom stereocenters. The summed E-state index contributed by atoms with van der Waals surface area (Å²) in [6.07, 6.45) is 2.07. The minimum absolute atomic E-state index is 0.188. The van der Waals surface area contributed by atoms with E-state index in [1.807, 2.05) is 4.57 Å². The molecule has 1 unspecified atom stereocenters. The molecule has 8 heteroatoms. The molecule has 2 rings (SSSR count). The Hall–Kier alpha value is -2.12. The molecule has 0 saturated carbocycles. The second-order valence-corrected chi connectivity index (χ2v) is 4.62. The van der Waals surface area contributed by atoms with Gasteiger partial charge >= 0.3 is 12.0 Å². The van der Waals surface area contributed by atoms with Crippen molar-refractivity contribution in [2.45, 2.75) is 26.4 Å². The van der Waals surface area contributed by atoms with Gasteiger partial charge < -0.3 is 19.9 Å². The molecule has 0 aliphatic carbocycles. The van der Waals surface area contributed by atoms with Crippen LogP contribution < -0.4 is 5.32 Å². The maximum absolute atomic E-state index is 11.9. The Morgan fingerprint density at radius 2 is 2.32 bits per heavy atom. The van der Waals surface area contributed by atoms with Crippen LogP contribution in [0.25, 0.3) is 0 Å². The van der Waals surface area contributed by atoms with Gasteiger partial charge in [0.05, 0.1) is 12.5 Å². The van der Waals surface area contributed by atoms with E-state index in [0.29, 0.717) is 32.6 Å². The summed E-state index contributed by atoms with van der Waals surface area (Å²) in [5.41, 5.74) is 0. The first-order valence-corrected chi connectivity index (χ1v) is 6.20. The fourth-order valence-corrected chi connectivity index (χ4v) is 1.87. The zero-order valence-electron chi connectivity index (χ0n) is 10.7. The first kappa shape index (κ1) is 13.3. The Balaban J connectivity index is 1.77. The van der Waals surface area contributed by atoms with Gasteiger partial charge in [-0.05, 0) is 6.42 Å². The summed E-state index contributed by atoms with van der Waals surface area (Å²) in [5, 5.41) is 19.2. The Morgan fingerprint density at radius 3 is 3.05 bits per heavy atom. The lowest BCUT2D eigenvalue weighted by Gasteiger charge is -2.27. The highest BCUT2D eigenvalue weighted by Gasteiger charge is 2.21. The van der Waals surface area contributed by atoms with E-state index in [4.69, 9.17) is 5.11 Å². The number of nitrogens with zero attached hydrogens (tertiary/aromatic N) is 4. The summed E-state index contributed by atoms with van der Waals surface area (Å²) >= 11 is 0. The molecule has 104 valence electrons. The van der Waals surface area contributed by atoms with E-state index in [9.17, 15) is 9.59 Å². The predicted octanol–water partition coefficient (Wildman–Crippen LogP) is -0.0859. The lowest BCUT2D eigenvalue weighted by atomic mass is 10.1. The number of aliphatic carboxylic acids is 1. The second kappa shape index (κ2) is 5.68. The minimum Gasteiger partial charge on any atom is -0.481 e. The van der Waals surface area contributed by atoms with Crippen molar-refractivity contribution in [2.75, 3.05) is 13.1 Å². The predicted molar refractivity (Wildman–Crippen MR) is 65.2 cm³/mol. The molecule has 0 aromatic carbocycles. The molecule has 1 aromatic rings. The van der Waals surface area contributed by atoms with Crippen molar-refractivity contribution in [3.05, 3.63) is 12.2 Å². The molecule has 0 spiro atoms. The number of carbonyl (C=O) groups excluding carboxylic acids is 1. The molecule has 1 aliphatic rings. The molecule has 2 N–H and O–H groups in total. The highest BCUT2D eigenvalue weighted by molar-refractivity contribution is 5.74.